The van der Waals surface area contributed by atoms with Crippen LogP contribution in [0.15, 0.2) is 34.5 Å². The maximum absolute atomic E-state index is 13.1. The fraction of sp³-hybridized carbons (Fsp3) is 0.700. The molecule has 0 radical (unpaired) electrons. The molecule has 2 rings (SSSR count). The van der Waals surface area contributed by atoms with Crippen molar-refractivity contribution in [2.45, 2.75) is 78.6 Å². The lowest BCUT2D eigenvalue weighted by molar-refractivity contribution is -0.166. The van der Waals surface area contributed by atoms with Gasteiger partial charge < -0.3 is 0 Å². The minimum Gasteiger partial charge on any atom is -0.166 e. The van der Waals surface area contributed by atoms with E-state index in [4.69, 9.17) is 0 Å². The number of hydrogen-bond donors (Lipinski definition) is 0. The molecule has 0 unspecified atom stereocenters. The zero-order valence-corrected chi connectivity index (χ0v) is 16.3. The molecular formula is C20H29F3N2. The normalized spacial score (nSPS) is 17.7. The Labute approximate surface area is 148 Å². The van der Waals surface area contributed by atoms with E-state index in [1.54, 1.807) is 12.1 Å². The summed E-state index contributed by atoms with van der Waals surface area (Å²) in [6.07, 6.45) is -2.44. The molecule has 1 aliphatic heterocycles. The Hall–Kier alpha value is -1.39. The fourth-order valence-electron chi connectivity index (χ4n) is 4.39. The van der Waals surface area contributed by atoms with Crippen LogP contribution in [-0.2, 0) is 11.1 Å². The van der Waals surface area contributed by atoms with Gasteiger partial charge in [-0.25, -0.2) is 0 Å². The number of hydrogen-bond acceptors (Lipinski definition) is 2. The Balaban J connectivity index is 2.18. The number of rotatable bonds is 5. The molecule has 1 aliphatic rings. The van der Waals surface area contributed by atoms with Crippen LogP contribution < -0.4 is 0 Å². The van der Waals surface area contributed by atoms with Gasteiger partial charge in [0, 0.05) is 5.56 Å². The summed E-state index contributed by atoms with van der Waals surface area (Å²) in [5.74, 6) is 0. The van der Waals surface area contributed by atoms with Gasteiger partial charge in [-0.3, -0.25) is 0 Å². The molecule has 0 spiro atoms. The molecule has 0 bridgehead atoms. The van der Waals surface area contributed by atoms with Gasteiger partial charge in [-0.1, -0.05) is 72.7 Å². The van der Waals surface area contributed by atoms with Crippen molar-refractivity contribution in [3.63, 3.8) is 0 Å². The van der Waals surface area contributed by atoms with Crippen LogP contribution in [0.25, 0.3) is 0 Å². The van der Waals surface area contributed by atoms with E-state index < -0.39 is 11.8 Å². The standard InChI is InChI=1S/C20H29F3N2/c1-16(2,3)12-17(4,5)13-18(6,7)14-8-10-15(11-9-14)19(24-25-19)20(21,22)23/h8-11H,12-13H2,1-7H3. The maximum atomic E-state index is 13.1. The molecule has 0 atom stereocenters. The number of alkyl halides is 3. The summed E-state index contributed by atoms with van der Waals surface area (Å²) in [7, 11) is 0. The minimum absolute atomic E-state index is 0.0912. The Kier molecular flexibility index (Phi) is 4.64. The van der Waals surface area contributed by atoms with Gasteiger partial charge in [0.2, 0.25) is 0 Å². The van der Waals surface area contributed by atoms with Crippen LogP contribution in [0.2, 0.25) is 0 Å². The summed E-state index contributed by atoms with van der Waals surface area (Å²) in [4.78, 5) is 0. The Morgan fingerprint density at radius 2 is 1.28 bits per heavy atom. The van der Waals surface area contributed by atoms with Gasteiger partial charge >= 0.3 is 11.8 Å². The predicted molar refractivity (Wildman–Crippen MR) is 94.5 cm³/mol. The first-order valence-corrected chi connectivity index (χ1v) is 8.70. The van der Waals surface area contributed by atoms with Crippen molar-refractivity contribution in [3.8, 4) is 0 Å². The van der Waals surface area contributed by atoms with Crippen LogP contribution in [0.5, 0.6) is 0 Å². The lowest BCUT2D eigenvalue weighted by atomic mass is 9.66. The molecule has 1 heterocycles. The van der Waals surface area contributed by atoms with E-state index in [1.807, 2.05) is 0 Å². The highest BCUT2D eigenvalue weighted by Gasteiger charge is 2.65. The van der Waals surface area contributed by atoms with Crippen molar-refractivity contribution in [2.75, 3.05) is 0 Å². The highest BCUT2D eigenvalue weighted by atomic mass is 19.4. The quantitative estimate of drug-likeness (QED) is 0.544. The summed E-state index contributed by atoms with van der Waals surface area (Å²) in [6, 6.07) is 6.61. The fourth-order valence-corrected chi connectivity index (χ4v) is 4.39. The summed E-state index contributed by atoms with van der Waals surface area (Å²) >= 11 is 0. The molecule has 0 amide bonds. The van der Waals surface area contributed by atoms with E-state index >= 15 is 0 Å². The molecule has 0 saturated heterocycles. The summed E-state index contributed by atoms with van der Waals surface area (Å²) in [6.45, 7) is 15.5. The van der Waals surface area contributed by atoms with Gasteiger partial charge in [0.25, 0.3) is 0 Å². The molecule has 1 aromatic rings. The first-order chi connectivity index (χ1) is 11.1. The second-order valence-corrected chi connectivity index (χ2v) is 9.91. The summed E-state index contributed by atoms with van der Waals surface area (Å²) in [5.41, 5.74) is -0.964. The van der Waals surface area contributed by atoms with Crippen molar-refractivity contribution in [3.05, 3.63) is 35.4 Å². The van der Waals surface area contributed by atoms with E-state index in [1.165, 1.54) is 12.1 Å². The third-order valence-electron chi connectivity index (χ3n) is 4.69. The highest BCUT2D eigenvalue weighted by Crippen LogP contribution is 2.52. The average molecular weight is 354 g/mol. The van der Waals surface area contributed by atoms with Crippen LogP contribution in [-0.4, -0.2) is 6.18 Å². The van der Waals surface area contributed by atoms with Crippen molar-refractivity contribution < 1.29 is 13.2 Å². The van der Waals surface area contributed by atoms with Crippen molar-refractivity contribution >= 4 is 0 Å². The molecule has 25 heavy (non-hydrogen) atoms. The smallest absolute Gasteiger partial charge is 0.166 e. The van der Waals surface area contributed by atoms with Gasteiger partial charge in [-0.15, -0.1) is 10.2 Å². The summed E-state index contributed by atoms with van der Waals surface area (Å²) < 4.78 is 39.3. The van der Waals surface area contributed by atoms with E-state index in [-0.39, 0.29) is 21.8 Å². The molecule has 5 heteroatoms. The third-order valence-corrected chi connectivity index (χ3v) is 4.69. The second-order valence-electron chi connectivity index (χ2n) is 9.91. The molecule has 1 aromatic carbocycles. The van der Waals surface area contributed by atoms with E-state index in [0.717, 1.165) is 18.4 Å². The second kappa shape index (κ2) is 5.82. The van der Waals surface area contributed by atoms with Crippen LogP contribution >= 0.6 is 0 Å². The average Bonchev–Trinajstić information content (AvgIpc) is 3.14. The number of nitrogens with zero attached hydrogens (tertiary/aromatic N) is 2. The Morgan fingerprint density at radius 3 is 1.64 bits per heavy atom. The van der Waals surface area contributed by atoms with Gasteiger partial charge in [-0.2, -0.15) is 13.2 Å². The first kappa shape index (κ1) is 19.9. The summed E-state index contributed by atoms with van der Waals surface area (Å²) in [5, 5.41) is 6.53. The largest absolute Gasteiger partial charge is 0.442 e. The molecule has 0 aromatic heterocycles. The number of benzene rings is 1. The van der Waals surface area contributed by atoms with Crippen molar-refractivity contribution in [1.29, 1.82) is 0 Å². The Morgan fingerprint density at radius 1 is 0.800 bits per heavy atom. The van der Waals surface area contributed by atoms with Crippen molar-refractivity contribution in [1.82, 2.24) is 0 Å². The van der Waals surface area contributed by atoms with Crippen LogP contribution in [0.1, 0.15) is 72.4 Å². The van der Waals surface area contributed by atoms with E-state index in [0.29, 0.717) is 0 Å². The first-order valence-electron chi connectivity index (χ1n) is 8.70. The minimum atomic E-state index is -4.47. The lowest BCUT2D eigenvalue weighted by Crippen LogP contribution is -2.31. The topological polar surface area (TPSA) is 24.7 Å². The van der Waals surface area contributed by atoms with Gasteiger partial charge in [0.05, 0.1) is 0 Å². The van der Waals surface area contributed by atoms with Crippen LogP contribution in [0.4, 0.5) is 13.2 Å². The zero-order chi connectivity index (χ0) is 19.3. The molecule has 0 N–H and O–H groups in total. The highest BCUT2D eigenvalue weighted by molar-refractivity contribution is 5.35. The van der Waals surface area contributed by atoms with Gasteiger partial charge in [-0.05, 0) is 34.7 Å². The molecule has 140 valence electrons. The number of halogens is 3. The maximum Gasteiger partial charge on any atom is 0.442 e. The van der Waals surface area contributed by atoms with Crippen LogP contribution in [0, 0.1) is 10.8 Å². The Bertz CT molecular complexity index is 641. The zero-order valence-electron chi connectivity index (χ0n) is 16.3. The van der Waals surface area contributed by atoms with Gasteiger partial charge in [0.15, 0.2) is 0 Å². The van der Waals surface area contributed by atoms with E-state index in [9.17, 15) is 13.2 Å². The predicted octanol–water partition coefficient (Wildman–Crippen LogP) is 7.00. The molecule has 0 fully saturated rings. The molecular weight excluding hydrogens is 325 g/mol. The lowest BCUT2D eigenvalue weighted by Gasteiger charge is -2.39. The molecule has 0 saturated carbocycles. The third kappa shape index (κ3) is 4.42. The van der Waals surface area contributed by atoms with Gasteiger partial charge in [0.1, 0.15) is 0 Å². The van der Waals surface area contributed by atoms with Crippen molar-refractivity contribution in [2.24, 2.45) is 21.1 Å². The molecule has 0 aliphatic carbocycles. The van der Waals surface area contributed by atoms with E-state index in [2.05, 4.69) is 58.7 Å². The van der Waals surface area contributed by atoms with Crippen LogP contribution in [0.3, 0.4) is 0 Å². The molecule has 2 nitrogen and oxygen atoms in total. The SMILES string of the molecule is CC(C)(C)CC(C)(C)CC(C)(C)c1ccc(C2(C(F)(F)F)N=N2)cc1. The monoisotopic (exact) mass is 354 g/mol.